The first kappa shape index (κ1) is 16.0. The van der Waals surface area contributed by atoms with E-state index in [4.69, 9.17) is 11.6 Å². The molecular formula is C17H14ClFN2OS. The SMILES string of the molecule is CCn1c(=O)c(-c2cc(SC)ccc2F)cc2cnc(Cl)cc21. The average Bonchev–Trinajstić information content (AvgIpc) is 2.55. The fraction of sp³-hybridized carbons (Fsp3) is 0.176. The van der Waals surface area contributed by atoms with Crippen LogP contribution < -0.4 is 5.56 Å². The standard InChI is InChI=1S/C17H14ClFN2OS/c1-3-21-15-8-16(18)20-9-10(15)6-13(17(21)22)12-7-11(23-2)4-5-14(12)19/h4-9H,3H2,1-2H3. The molecule has 2 heterocycles. The van der Waals surface area contributed by atoms with Crippen LogP contribution in [0.25, 0.3) is 22.0 Å². The van der Waals surface area contributed by atoms with Gasteiger partial charge in [0.25, 0.3) is 5.56 Å². The molecule has 118 valence electrons. The lowest BCUT2D eigenvalue weighted by atomic mass is 10.0. The zero-order chi connectivity index (χ0) is 16.6. The lowest BCUT2D eigenvalue weighted by Gasteiger charge is -2.12. The highest BCUT2D eigenvalue weighted by Gasteiger charge is 2.14. The summed E-state index contributed by atoms with van der Waals surface area (Å²) in [5.74, 6) is -0.413. The Morgan fingerprint density at radius 2 is 2.04 bits per heavy atom. The minimum Gasteiger partial charge on any atom is -0.308 e. The second kappa shape index (κ2) is 6.34. The number of pyridine rings is 2. The summed E-state index contributed by atoms with van der Waals surface area (Å²) in [6, 6.07) is 8.12. The highest BCUT2D eigenvalue weighted by atomic mass is 35.5. The summed E-state index contributed by atoms with van der Waals surface area (Å²) in [5.41, 5.74) is 1.10. The topological polar surface area (TPSA) is 34.9 Å². The van der Waals surface area contributed by atoms with Gasteiger partial charge >= 0.3 is 0 Å². The van der Waals surface area contributed by atoms with E-state index >= 15 is 0 Å². The van der Waals surface area contributed by atoms with Crippen molar-refractivity contribution in [1.82, 2.24) is 9.55 Å². The van der Waals surface area contributed by atoms with E-state index < -0.39 is 5.82 Å². The van der Waals surface area contributed by atoms with Gasteiger partial charge in [-0.2, -0.15) is 0 Å². The number of thioether (sulfide) groups is 1. The summed E-state index contributed by atoms with van der Waals surface area (Å²) in [6.07, 6.45) is 3.51. The normalized spacial score (nSPS) is 11.1. The summed E-state index contributed by atoms with van der Waals surface area (Å²) in [7, 11) is 0. The second-order valence-electron chi connectivity index (χ2n) is 5.02. The van der Waals surface area contributed by atoms with Crippen LogP contribution in [-0.2, 0) is 6.54 Å². The van der Waals surface area contributed by atoms with Crippen LogP contribution in [0.3, 0.4) is 0 Å². The first-order valence-electron chi connectivity index (χ1n) is 7.08. The third kappa shape index (κ3) is 2.86. The van der Waals surface area contributed by atoms with E-state index in [1.54, 1.807) is 35.0 Å². The van der Waals surface area contributed by atoms with E-state index in [2.05, 4.69) is 4.98 Å². The van der Waals surface area contributed by atoms with Crippen molar-refractivity contribution in [2.24, 2.45) is 0 Å². The van der Waals surface area contributed by atoms with Crippen molar-refractivity contribution in [3.63, 3.8) is 0 Å². The highest BCUT2D eigenvalue weighted by molar-refractivity contribution is 7.98. The molecule has 0 radical (unpaired) electrons. The van der Waals surface area contributed by atoms with Gasteiger partial charge in [-0.25, -0.2) is 9.37 Å². The first-order chi connectivity index (χ1) is 11.0. The maximum Gasteiger partial charge on any atom is 0.259 e. The second-order valence-corrected chi connectivity index (χ2v) is 6.29. The van der Waals surface area contributed by atoms with Crippen LogP contribution >= 0.6 is 23.4 Å². The molecule has 0 spiro atoms. The number of rotatable bonds is 3. The van der Waals surface area contributed by atoms with Crippen LogP contribution in [0.15, 0.2) is 46.2 Å². The van der Waals surface area contributed by atoms with E-state index in [0.717, 1.165) is 10.3 Å². The Labute approximate surface area is 142 Å². The molecule has 23 heavy (non-hydrogen) atoms. The molecule has 0 N–H and O–H groups in total. The van der Waals surface area contributed by atoms with Gasteiger partial charge in [0.05, 0.1) is 11.1 Å². The molecule has 0 atom stereocenters. The van der Waals surface area contributed by atoms with Crippen LogP contribution in [0.1, 0.15) is 6.92 Å². The van der Waals surface area contributed by atoms with Gasteiger partial charge in [-0.05, 0) is 43.5 Å². The predicted octanol–water partition coefficient (Wildman–Crippen LogP) is 4.60. The number of halogens is 2. The van der Waals surface area contributed by atoms with Crippen molar-refractivity contribution < 1.29 is 4.39 Å². The Morgan fingerprint density at radius 3 is 2.74 bits per heavy atom. The molecule has 0 amide bonds. The monoisotopic (exact) mass is 348 g/mol. The summed E-state index contributed by atoms with van der Waals surface area (Å²) >= 11 is 7.43. The first-order valence-corrected chi connectivity index (χ1v) is 8.68. The van der Waals surface area contributed by atoms with Gasteiger partial charge in [-0.1, -0.05) is 11.6 Å². The van der Waals surface area contributed by atoms with Crippen LogP contribution in [0.5, 0.6) is 0 Å². The zero-order valence-electron chi connectivity index (χ0n) is 12.6. The van der Waals surface area contributed by atoms with Crippen LogP contribution in [0, 0.1) is 5.82 Å². The summed E-state index contributed by atoms with van der Waals surface area (Å²) in [5, 5.41) is 1.07. The number of fused-ring (bicyclic) bond motifs is 1. The molecule has 0 fully saturated rings. The molecule has 0 aliphatic heterocycles. The Balaban J connectivity index is 2.37. The molecule has 0 unspecified atom stereocenters. The van der Waals surface area contributed by atoms with Gasteiger partial charge in [0.15, 0.2) is 0 Å². The minimum atomic E-state index is -0.413. The predicted molar refractivity (Wildman–Crippen MR) is 93.9 cm³/mol. The number of aryl methyl sites for hydroxylation is 1. The molecule has 0 bridgehead atoms. The van der Waals surface area contributed by atoms with Crippen molar-refractivity contribution in [2.45, 2.75) is 18.4 Å². The molecule has 2 aromatic heterocycles. The van der Waals surface area contributed by atoms with Crippen LogP contribution in [0.2, 0.25) is 5.15 Å². The molecule has 6 heteroatoms. The lowest BCUT2D eigenvalue weighted by molar-refractivity contribution is 0.629. The van der Waals surface area contributed by atoms with Gasteiger partial charge < -0.3 is 4.57 Å². The van der Waals surface area contributed by atoms with Gasteiger partial charge in [0.1, 0.15) is 11.0 Å². The third-order valence-electron chi connectivity index (χ3n) is 3.72. The van der Waals surface area contributed by atoms with Gasteiger partial charge in [-0.15, -0.1) is 11.8 Å². The number of nitrogens with zero attached hydrogens (tertiary/aromatic N) is 2. The molecule has 3 aromatic rings. The largest absolute Gasteiger partial charge is 0.308 e. The fourth-order valence-corrected chi connectivity index (χ4v) is 3.18. The number of aromatic nitrogens is 2. The Kier molecular flexibility index (Phi) is 4.41. The van der Waals surface area contributed by atoms with Crippen LogP contribution in [-0.4, -0.2) is 15.8 Å². The Bertz CT molecular complexity index is 955. The molecule has 0 saturated heterocycles. The van der Waals surface area contributed by atoms with Crippen molar-refractivity contribution in [3.8, 4) is 11.1 Å². The van der Waals surface area contributed by atoms with Gasteiger partial charge in [0.2, 0.25) is 0 Å². The van der Waals surface area contributed by atoms with E-state index in [1.165, 1.54) is 17.8 Å². The van der Waals surface area contributed by atoms with E-state index in [0.29, 0.717) is 28.3 Å². The maximum atomic E-state index is 14.3. The minimum absolute atomic E-state index is 0.237. The fourth-order valence-electron chi connectivity index (χ4n) is 2.59. The van der Waals surface area contributed by atoms with Crippen molar-refractivity contribution in [2.75, 3.05) is 6.26 Å². The zero-order valence-corrected chi connectivity index (χ0v) is 14.2. The Morgan fingerprint density at radius 1 is 1.26 bits per heavy atom. The quantitative estimate of drug-likeness (QED) is 0.512. The Hall–Kier alpha value is -1.85. The highest BCUT2D eigenvalue weighted by Crippen LogP contribution is 2.28. The molecule has 0 aliphatic rings. The van der Waals surface area contributed by atoms with Gasteiger partial charge in [-0.3, -0.25) is 4.79 Å². The number of hydrogen-bond acceptors (Lipinski definition) is 3. The van der Waals surface area contributed by atoms with E-state index in [1.807, 2.05) is 13.2 Å². The molecule has 3 nitrogen and oxygen atoms in total. The molecule has 0 saturated carbocycles. The lowest BCUT2D eigenvalue weighted by Crippen LogP contribution is -2.21. The van der Waals surface area contributed by atoms with E-state index in [9.17, 15) is 9.18 Å². The smallest absolute Gasteiger partial charge is 0.259 e. The summed E-state index contributed by atoms with van der Waals surface area (Å²) in [6.45, 7) is 2.33. The third-order valence-corrected chi connectivity index (χ3v) is 4.66. The molecule has 3 rings (SSSR count). The maximum absolute atomic E-state index is 14.3. The van der Waals surface area contributed by atoms with Crippen molar-refractivity contribution in [1.29, 1.82) is 0 Å². The summed E-state index contributed by atoms with van der Waals surface area (Å²) in [4.78, 5) is 17.8. The van der Waals surface area contributed by atoms with Crippen molar-refractivity contribution >= 4 is 34.3 Å². The molecule has 0 aliphatic carbocycles. The van der Waals surface area contributed by atoms with Crippen molar-refractivity contribution in [3.05, 3.63) is 57.9 Å². The molecular weight excluding hydrogens is 335 g/mol. The van der Waals surface area contributed by atoms with Crippen LogP contribution in [0.4, 0.5) is 4.39 Å². The van der Waals surface area contributed by atoms with E-state index in [-0.39, 0.29) is 5.56 Å². The summed E-state index contributed by atoms with van der Waals surface area (Å²) < 4.78 is 15.9. The molecule has 1 aromatic carbocycles. The van der Waals surface area contributed by atoms with Gasteiger partial charge in [0, 0.05) is 28.6 Å². The average molecular weight is 349 g/mol. The number of benzene rings is 1. The number of hydrogen-bond donors (Lipinski definition) is 0.